The van der Waals surface area contributed by atoms with Gasteiger partial charge in [-0.2, -0.15) is 0 Å². The van der Waals surface area contributed by atoms with Crippen molar-refractivity contribution in [3.8, 4) is 11.3 Å². The van der Waals surface area contributed by atoms with Crippen LogP contribution in [0.2, 0.25) is 0 Å². The smallest absolute Gasteiger partial charge is 0.200 e. The lowest BCUT2D eigenvalue weighted by Crippen LogP contribution is -2.30. The minimum atomic E-state index is 1.29. The van der Waals surface area contributed by atoms with Gasteiger partial charge in [-0.1, -0.05) is 36.4 Å². The number of aromatic nitrogens is 1. The average Bonchev–Trinajstić information content (AvgIpc) is 3.12. The molecule has 0 atom stereocenters. The summed E-state index contributed by atoms with van der Waals surface area (Å²) < 4.78 is 3.62. The SMILES string of the molecule is Cc1c(-c2c3ccc4ccsc4c3cc[n+]2C)ccc2ccccc12. The van der Waals surface area contributed by atoms with Crippen molar-refractivity contribution in [2.45, 2.75) is 6.92 Å². The summed E-state index contributed by atoms with van der Waals surface area (Å²) in [5, 5.41) is 8.79. The van der Waals surface area contributed by atoms with Crippen LogP contribution in [0.15, 0.2) is 72.2 Å². The second-order valence-corrected chi connectivity index (χ2v) is 7.52. The molecule has 0 amide bonds. The lowest BCUT2D eigenvalue weighted by Gasteiger charge is -2.11. The molecule has 25 heavy (non-hydrogen) atoms. The quantitative estimate of drug-likeness (QED) is 0.329. The van der Waals surface area contributed by atoms with Crippen molar-refractivity contribution in [1.29, 1.82) is 0 Å². The molecular weight excluding hydrogens is 322 g/mol. The van der Waals surface area contributed by atoms with E-state index in [2.05, 4.69) is 90.8 Å². The fourth-order valence-corrected chi connectivity index (χ4v) is 4.82. The van der Waals surface area contributed by atoms with Crippen molar-refractivity contribution in [1.82, 2.24) is 0 Å². The summed E-state index contributed by atoms with van der Waals surface area (Å²) in [5.74, 6) is 0. The van der Waals surface area contributed by atoms with Gasteiger partial charge in [0.1, 0.15) is 7.05 Å². The molecule has 0 spiro atoms. The van der Waals surface area contributed by atoms with E-state index in [0.717, 1.165) is 0 Å². The maximum atomic E-state index is 2.27. The molecule has 0 bridgehead atoms. The number of nitrogens with zero attached hydrogens (tertiary/aromatic N) is 1. The number of thiophene rings is 1. The first-order valence-electron chi connectivity index (χ1n) is 8.51. The molecule has 0 aliphatic carbocycles. The molecule has 3 aromatic carbocycles. The van der Waals surface area contributed by atoms with Gasteiger partial charge < -0.3 is 0 Å². The van der Waals surface area contributed by atoms with Gasteiger partial charge in [0.2, 0.25) is 5.69 Å². The average molecular weight is 340 g/mol. The summed E-state index contributed by atoms with van der Waals surface area (Å²) in [6.07, 6.45) is 2.19. The Morgan fingerprint density at radius 1 is 0.760 bits per heavy atom. The van der Waals surface area contributed by atoms with Crippen LogP contribution in [-0.2, 0) is 7.05 Å². The Bertz CT molecular complexity index is 1260. The minimum Gasteiger partial charge on any atom is -0.200 e. The third-order valence-electron chi connectivity index (χ3n) is 5.19. The van der Waals surface area contributed by atoms with Crippen molar-refractivity contribution in [2.75, 3.05) is 0 Å². The highest BCUT2D eigenvalue weighted by atomic mass is 32.1. The molecule has 0 unspecified atom stereocenters. The second kappa shape index (κ2) is 5.40. The molecule has 5 aromatic rings. The van der Waals surface area contributed by atoms with Crippen LogP contribution in [0.25, 0.3) is 42.9 Å². The van der Waals surface area contributed by atoms with Crippen LogP contribution in [-0.4, -0.2) is 0 Å². The summed E-state index contributed by atoms with van der Waals surface area (Å²) >= 11 is 1.82. The first kappa shape index (κ1) is 14.6. The molecule has 0 aliphatic rings. The van der Waals surface area contributed by atoms with Crippen molar-refractivity contribution < 1.29 is 4.57 Å². The van der Waals surface area contributed by atoms with Gasteiger partial charge >= 0.3 is 0 Å². The standard InChI is InChI=1S/C23H18NS/c1-15-18-6-4-3-5-16(18)7-9-19(15)22-20-10-8-17-12-14-25-23(17)21(20)11-13-24(22)2/h3-14H,1-2H3/q+1. The topological polar surface area (TPSA) is 3.88 Å². The Hall–Kier alpha value is -2.71. The molecule has 0 radical (unpaired) electrons. The molecular formula is C23H18NS+. The van der Waals surface area contributed by atoms with Gasteiger partial charge in [0.05, 0.1) is 10.9 Å². The molecule has 2 heterocycles. The third-order valence-corrected chi connectivity index (χ3v) is 6.15. The van der Waals surface area contributed by atoms with Crippen LogP contribution < -0.4 is 4.57 Å². The zero-order valence-corrected chi connectivity index (χ0v) is 15.1. The Morgan fingerprint density at radius 3 is 2.52 bits per heavy atom. The maximum absolute atomic E-state index is 2.27. The van der Waals surface area contributed by atoms with E-state index in [1.807, 2.05) is 11.3 Å². The van der Waals surface area contributed by atoms with Crippen molar-refractivity contribution >= 4 is 43.0 Å². The Labute approximate surface area is 150 Å². The highest BCUT2D eigenvalue weighted by molar-refractivity contribution is 7.18. The van der Waals surface area contributed by atoms with Crippen molar-refractivity contribution in [3.05, 3.63) is 77.8 Å². The van der Waals surface area contributed by atoms with Crippen LogP contribution in [0.4, 0.5) is 0 Å². The fraction of sp³-hybridized carbons (Fsp3) is 0.0870. The number of hydrogen-bond acceptors (Lipinski definition) is 1. The van der Waals surface area contributed by atoms with Crippen LogP contribution in [0.5, 0.6) is 0 Å². The highest BCUT2D eigenvalue weighted by Crippen LogP contribution is 2.36. The first-order valence-corrected chi connectivity index (χ1v) is 9.39. The number of pyridine rings is 1. The zero-order valence-electron chi connectivity index (χ0n) is 14.3. The molecule has 120 valence electrons. The predicted molar refractivity (Wildman–Crippen MR) is 108 cm³/mol. The van der Waals surface area contributed by atoms with Gasteiger partial charge in [-0.25, -0.2) is 4.57 Å². The lowest BCUT2D eigenvalue weighted by atomic mass is 9.95. The maximum Gasteiger partial charge on any atom is 0.220 e. The Balaban J connectivity index is 1.92. The van der Waals surface area contributed by atoms with E-state index in [1.54, 1.807) is 0 Å². The fourth-order valence-electron chi connectivity index (χ4n) is 3.90. The van der Waals surface area contributed by atoms with E-state index in [1.165, 1.54) is 48.5 Å². The van der Waals surface area contributed by atoms with E-state index >= 15 is 0 Å². The van der Waals surface area contributed by atoms with Gasteiger partial charge in [0.25, 0.3) is 0 Å². The molecule has 0 saturated heterocycles. The molecule has 2 heteroatoms. The minimum absolute atomic E-state index is 1.29. The van der Waals surface area contributed by atoms with Gasteiger partial charge in [-0.05, 0) is 52.2 Å². The molecule has 1 nitrogen and oxygen atoms in total. The summed E-state index contributed by atoms with van der Waals surface area (Å²) in [6.45, 7) is 2.24. The number of benzene rings is 3. The summed E-state index contributed by atoms with van der Waals surface area (Å²) in [4.78, 5) is 0. The van der Waals surface area contributed by atoms with Gasteiger partial charge in [0, 0.05) is 16.2 Å². The molecule has 2 aromatic heterocycles. The highest BCUT2D eigenvalue weighted by Gasteiger charge is 2.19. The molecule has 0 saturated carbocycles. The summed E-state index contributed by atoms with van der Waals surface area (Å²) in [5.41, 5.74) is 3.94. The third kappa shape index (κ3) is 2.11. The number of fused-ring (bicyclic) bond motifs is 4. The van der Waals surface area contributed by atoms with Gasteiger partial charge in [-0.15, -0.1) is 11.3 Å². The lowest BCUT2D eigenvalue weighted by molar-refractivity contribution is -0.659. The van der Waals surface area contributed by atoms with E-state index < -0.39 is 0 Å². The molecule has 0 N–H and O–H groups in total. The zero-order chi connectivity index (χ0) is 17.0. The van der Waals surface area contributed by atoms with E-state index in [4.69, 9.17) is 0 Å². The van der Waals surface area contributed by atoms with Crippen molar-refractivity contribution in [2.24, 2.45) is 7.05 Å². The Morgan fingerprint density at radius 2 is 1.60 bits per heavy atom. The number of hydrogen-bond donors (Lipinski definition) is 0. The van der Waals surface area contributed by atoms with Gasteiger partial charge in [0.15, 0.2) is 6.20 Å². The molecule has 0 aliphatic heterocycles. The largest absolute Gasteiger partial charge is 0.220 e. The second-order valence-electron chi connectivity index (χ2n) is 6.60. The van der Waals surface area contributed by atoms with Crippen LogP contribution >= 0.6 is 11.3 Å². The van der Waals surface area contributed by atoms with E-state index in [9.17, 15) is 0 Å². The first-order chi connectivity index (χ1) is 12.2. The monoisotopic (exact) mass is 340 g/mol. The predicted octanol–water partition coefficient (Wildman–Crippen LogP) is 6.01. The summed E-state index contributed by atoms with van der Waals surface area (Å²) in [7, 11) is 2.14. The molecule has 5 rings (SSSR count). The van der Waals surface area contributed by atoms with Crippen LogP contribution in [0.1, 0.15) is 5.56 Å². The summed E-state index contributed by atoms with van der Waals surface area (Å²) in [6, 6.07) is 22.1. The van der Waals surface area contributed by atoms with E-state index in [-0.39, 0.29) is 0 Å². The Kier molecular flexibility index (Phi) is 3.16. The van der Waals surface area contributed by atoms with Gasteiger partial charge in [-0.3, -0.25) is 0 Å². The van der Waals surface area contributed by atoms with Crippen LogP contribution in [0, 0.1) is 6.92 Å². The van der Waals surface area contributed by atoms with E-state index in [0.29, 0.717) is 0 Å². The molecule has 0 fully saturated rings. The normalized spacial score (nSPS) is 11.6. The van der Waals surface area contributed by atoms with Crippen molar-refractivity contribution in [3.63, 3.8) is 0 Å². The number of aryl methyl sites for hydroxylation is 2. The number of rotatable bonds is 1. The van der Waals surface area contributed by atoms with Crippen LogP contribution in [0.3, 0.4) is 0 Å².